The second kappa shape index (κ2) is 5.18. The van der Waals surface area contributed by atoms with Gasteiger partial charge < -0.3 is 0 Å². The van der Waals surface area contributed by atoms with Gasteiger partial charge in [0.1, 0.15) is 0 Å². The smallest absolute Gasteiger partial charge is 0.00987 e. The van der Waals surface area contributed by atoms with Crippen molar-refractivity contribution in [2.75, 3.05) is 0 Å². The van der Waals surface area contributed by atoms with Crippen molar-refractivity contribution in [2.24, 2.45) is 5.92 Å². The molecule has 0 heterocycles. The van der Waals surface area contributed by atoms with Gasteiger partial charge in [-0.25, -0.2) is 0 Å². The molecule has 0 heteroatoms. The summed E-state index contributed by atoms with van der Waals surface area (Å²) in [5, 5.41) is 0. The van der Waals surface area contributed by atoms with Crippen LogP contribution in [-0.4, -0.2) is 0 Å². The second-order valence-corrected chi connectivity index (χ2v) is 4.44. The first kappa shape index (κ1) is 11.9. The highest BCUT2D eigenvalue weighted by molar-refractivity contribution is 5.64. The molecule has 0 bridgehead atoms. The highest BCUT2D eigenvalue weighted by Gasteiger charge is 2.27. The Bertz CT molecular complexity index is 464. The molecular formula is C17H20. The van der Waals surface area contributed by atoms with Crippen LogP contribution in [0.2, 0.25) is 0 Å². The van der Waals surface area contributed by atoms with Crippen LogP contribution in [0.5, 0.6) is 0 Å². The topological polar surface area (TPSA) is 0 Å². The van der Waals surface area contributed by atoms with Gasteiger partial charge in [-0.15, -0.1) is 0 Å². The van der Waals surface area contributed by atoms with E-state index >= 15 is 0 Å². The van der Waals surface area contributed by atoms with Gasteiger partial charge in [0.15, 0.2) is 0 Å². The average Bonchev–Trinajstić information content (AvgIpc) is 2.51. The molecular weight excluding hydrogens is 204 g/mol. The van der Waals surface area contributed by atoms with Crippen molar-refractivity contribution in [3.63, 3.8) is 0 Å². The van der Waals surface area contributed by atoms with Crippen LogP contribution in [0.25, 0.3) is 0 Å². The first-order valence-corrected chi connectivity index (χ1v) is 6.40. The molecule has 2 rings (SSSR count). The van der Waals surface area contributed by atoms with E-state index in [2.05, 4.69) is 56.9 Å². The molecule has 0 spiro atoms. The lowest BCUT2D eigenvalue weighted by atomic mass is 9.91. The van der Waals surface area contributed by atoms with E-state index in [1.54, 1.807) is 0 Å². The Labute approximate surface area is 104 Å². The minimum Gasteiger partial charge on any atom is -0.0984 e. The fourth-order valence-electron chi connectivity index (χ4n) is 2.76. The van der Waals surface area contributed by atoms with Gasteiger partial charge in [-0.05, 0) is 42.1 Å². The number of hydrogen-bond acceptors (Lipinski definition) is 0. The van der Waals surface area contributed by atoms with Crippen molar-refractivity contribution in [1.29, 1.82) is 0 Å². The van der Waals surface area contributed by atoms with Gasteiger partial charge in [-0.1, -0.05) is 56.0 Å². The zero-order valence-electron chi connectivity index (χ0n) is 10.7. The van der Waals surface area contributed by atoms with E-state index in [0.29, 0.717) is 5.92 Å². The van der Waals surface area contributed by atoms with Crippen molar-refractivity contribution < 1.29 is 0 Å². The Hall–Kier alpha value is -1.56. The number of allylic oxidation sites excluding steroid dienone is 11. The summed E-state index contributed by atoms with van der Waals surface area (Å²) in [7, 11) is 0. The first-order valence-electron chi connectivity index (χ1n) is 6.40. The van der Waals surface area contributed by atoms with Gasteiger partial charge in [0.2, 0.25) is 0 Å². The van der Waals surface area contributed by atoms with Gasteiger partial charge >= 0.3 is 0 Å². The third-order valence-electron chi connectivity index (χ3n) is 3.48. The van der Waals surface area contributed by atoms with Crippen LogP contribution in [0.15, 0.2) is 71.4 Å². The standard InChI is InChI=1S/C17H20/c1-4-10-15-13(5-2)16-11-8-7-9-12-17(16)14(15)6-3/h4-5,8-12,14H,2,6-7H2,1,3H3/b10-4-. The SMILES string of the molecule is C=CC1=C(/C=C\C)C(CC)C2=C1C=CCC=C2. The van der Waals surface area contributed by atoms with Crippen LogP contribution in [0.4, 0.5) is 0 Å². The van der Waals surface area contributed by atoms with E-state index in [0.717, 1.165) is 12.8 Å². The summed E-state index contributed by atoms with van der Waals surface area (Å²) in [4.78, 5) is 0. The highest BCUT2D eigenvalue weighted by Crippen LogP contribution is 2.42. The second-order valence-electron chi connectivity index (χ2n) is 4.44. The zero-order valence-corrected chi connectivity index (χ0v) is 10.7. The van der Waals surface area contributed by atoms with E-state index in [1.165, 1.54) is 22.3 Å². The molecule has 0 radical (unpaired) electrons. The van der Waals surface area contributed by atoms with Gasteiger partial charge in [-0.3, -0.25) is 0 Å². The molecule has 0 aromatic carbocycles. The Morgan fingerprint density at radius 1 is 1.35 bits per heavy atom. The fraction of sp³-hybridized carbons (Fsp3) is 0.294. The summed E-state index contributed by atoms with van der Waals surface area (Å²) < 4.78 is 0. The molecule has 1 unspecified atom stereocenters. The van der Waals surface area contributed by atoms with E-state index in [9.17, 15) is 0 Å². The Morgan fingerprint density at radius 2 is 2.12 bits per heavy atom. The third-order valence-corrected chi connectivity index (χ3v) is 3.48. The summed E-state index contributed by atoms with van der Waals surface area (Å²) in [6, 6.07) is 0. The molecule has 0 saturated heterocycles. The molecule has 1 atom stereocenters. The van der Waals surface area contributed by atoms with Crippen LogP contribution in [0, 0.1) is 5.92 Å². The molecule has 0 aromatic rings. The lowest BCUT2D eigenvalue weighted by molar-refractivity contribution is 0.725. The minimum absolute atomic E-state index is 0.535. The largest absolute Gasteiger partial charge is 0.0984 e. The number of hydrogen-bond donors (Lipinski definition) is 0. The molecule has 2 aliphatic carbocycles. The van der Waals surface area contributed by atoms with Crippen LogP contribution in [0.3, 0.4) is 0 Å². The summed E-state index contributed by atoms with van der Waals surface area (Å²) in [6.45, 7) is 8.32. The van der Waals surface area contributed by atoms with E-state index in [4.69, 9.17) is 0 Å². The van der Waals surface area contributed by atoms with Crippen molar-refractivity contribution in [3.8, 4) is 0 Å². The first-order chi connectivity index (χ1) is 8.33. The van der Waals surface area contributed by atoms with Crippen molar-refractivity contribution in [1.82, 2.24) is 0 Å². The van der Waals surface area contributed by atoms with Crippen molar-refractivity contribution >= 4 is 0 Å². The van der Waals surface area contributed by atoms with Crippen LogP contribution in [-0.2, 0) is 0 Å². The Morgan fingerprint density at radius 3 is 2.76 bits per heavy atom. The van der Waals surface area contributed by atoms with Gasteiger partial charge in [0, 0.05) is 5.92 Å². The maximum atomic E-state index is 3.98. The average molecular weight is 224 g/mol. The summed E-state index contributed by atoms with van der Waals surface area (Å²) >= 11 is 0. The predicted octanol–water partition coefficient (Wildman–Crippen LogP) is 4.90. The monoisotopic (exact) mass is 224 g/mol. The Kier molecular flexibility index (Phi) is 3.63. The van der Waals surface area contributed by atoms with Gasteiger partial charge in [0.25, 0.3) is 0 Å². The number of rotatable bonds is 3. The lowest BCUT2D eigenvalue weighted by Gasteiger charge is -2.12. The molecule has 0 saturated carbocycles. The molecule has 0 fully saturated rings. The van der Waals surface area contributed by atoms with E-state index in [-0.39, 0.29) is 0 Å². The van der Waals surface area contributed by atoms with Crippen LogP contribution >= 0.6 is 0 Å². The lowest BCUT2D eigenvalue weighted by Crippen LogP contribution is -2.00. The molecule has 2 aliphatic rings. The van der Waals surface area contributed by atoms with Crippen LogP contribution in [0.1, 0.15) is 26.7 Å². The third kappa shape index (κ3) is 2.00. The summed E-state index contributed by atoms with van der Waals surface area (Å²) in [5.41, 5.74) is 5.57. The highest BCUT2D eigenvalue weighted by atomic mass is 14.3. The predicted molar refractivity (Wildman–Crippen MR) is 75.7 cm³/mol. The maximum Gasteiger partial charge on any atom is 0.00987 e. The quantitative estimate of drug-likeness (QED) is 0.639. The molecule has 0 N–H and O–H groups in total. The minimum atomic E-state index is 0.535. The van der Waals surface area contributed by atoms with Crippen LogP contribution < -0.4 is 0 Å². The van der Waals surface area contributed by atoms with Gasteiger partial charge in [0.05, 0.1) is 0 Å². The molecule has 88 valence electrons. The molecule has 0 aromatic heterocycles. The van der Waals surface area contributed by atoms with Crippen molar-refractivity contribution in [2.45, 2.75) is 26.7 Å². The maximum absolute atomic E-state index is 3.98. The van der Waals surface area contributed by atoms with Crippen molar-refractivity contribution in [3.05, 3.63) is 71.4 Å². The zero-order chi connectivity index (χ0) is 12.3. The normalized spacial score (nSPS) is 23.5. The summed E-state index contributed by atoms with van der Waals surface area (Å²) in [6.07, 6.45) is 17.6. The molecule has 17 heavy (non-hydrogen) atoms. The van der Waals surface area contributed by atoms with Gasteiger partial charge in [-0.2, -0.15) is 0 Å². The molecule has 0 aliphatic heterocycles. The Balaban J connectivity index is 2.58. The summed E-state index contributed by atoms with van der Waals surface area (Å²) in [5.74, 6) is 0.535. The van der Waals surface area contributed by atoms with E-state index < -0.39 is 0 Å². The molecule has 0 amide bonds. The van der Waals surface area contributed by atoms with E-state index in [1.807, 2.05) is 6.08 Å². The molecule has 0 nitrogen and oxygen atoms in total. The fourth-order valence-corrected chi connectivity index (χ4v) is 2.76.